The number of aliphatic hydroxyl groups is 1. The van der Waals surface area contributed by atoms with Gasteiger partial charge in [0.15, 0.2) is 0 Å². The zero-order valence-corrected chi connectivity index (χ0v) is 14.6. The average molecular weight is 360 g/mol. The number of hydrogen-bond acceptors (Lipinski definition) is 5. The van der Waals surface area contributed by atoms with E-state index in [0.717, 1.165) is 30.8 Å². The first-order valence-electron chi connectivity index (χ1n) is 9.24. The summed E-state index contributed by atoms with van der Waals surface area (Å²) < 4.78 is 11.5. The molecule has 0 aliphatic carbocycles. The Morgan fingerprint density at radius 3 is 2.96 bits per heavy atom. The van der Waals surface area contributed by atoms with Crippen molar-refractivity contribution >= 4 is 11.8 Å². The van der Waals surface area contributed by atoms with Gasteiger partial charge in [-0.25, -0.2) is 0 Å². The molecule has 26 heavy (non-hydrogen) atoms. The lowest BCUT2D eigenvalue weighted by Gasteiger charge is -2.35. The Labute approximate surface area is 152 Å². The lowest BCUT2D eigenvalue weighted by atomic mass is 10.0. The second-order valence-corrected chi connectivity index (χ2v) is 7.23. The summed E-state index contributed by atoms with van der Waals surface area (Å²) in [6.45, 7) is 2.50. The van der Waals surface area contributed by atoms with Gasteiger partial charge < -0.3 is 24.8 Å². The minimum atomic E-state index is -1.03. The Balaban J connectivity index is 1.48. The molecule has 4 rings (SSSR count). The number of amides is 2. The van der Waals surface area contributed by atoms with Crippen LogP contribution < -0.4 is 10.1 Å². The quantitative estimate of drug-likeness (QED) is 0.838. The van der Waals surface area contributed by atoms with Crippen LogP contribution >= 0.6 is 0 Å². The second kappa shape index (κ2) is 7.25. The summed E-state index contributed by atoms with van der Waals surface area (Å²) >= 11 is 0. The molecular weight excluding hydrogens is 336 g/mol. The normalized spacial score (nSPS) is 28.7. The third-order valence-corrected chi connectivity index (χ3v) is 5.42. The number of benzene rings is 1. The van der Waals surface area contributed by atoms with Crippen molar-refractivity contribution in [2.75, 3.05) is 19.8 Å². The van der Waals surface area contributed by atoms with Gasteiger partial charge in [-0.1, -0.05) is 6.07 Å². The zero-order chi connectivity index (χ0) is 18.1. The Morgan fingerprint density at radius 1 is 1.31 bits per heavy atom. The van der Waals surface area contributed by atoms with E-state index in [1.54, 1.807) is 11.0 Å². The van der Waals surface area contributed by atoms with E-state index in [0.29, 0.717) is 44.1 Å². The van der Waals surface area contributed by atoms with Crippen LogP contribution in [0.4, 0.5) is 0 Å². The molecule has 3 atom stereocenters. The van der Waals surface area contributed by atoms with Gasteiger partial charge in [0.25, 0.3) is 5.91 Å². The summed E-state index contributed by atoms with van der Waals surface area (Å²) in [6, 6.07) is 5.10. The Hall–Kier alpha value is -2.12. The number of fused-ring (bicyclic) bond motifs is 1. The van der Waals surface area contributed by atoms with Crippen LogP contribution in [0.3, 0.4) is 0 Å². The fourth-order valence-corrected chi connectivity index (χ4v) is 3.97. The van der Waals surface area contributed by atoms with Gasteiger partial charge in [-0.2, -0.15) is 0 Å². The van der Waals surface area contributed by atoms with Crippen LogP contribution in [0.2, 0.25) is 0 Å². The number of aliphatic hydroxyl groups excluding tert-OH is 1. The van der Waals surface area contributed by atoms with Crippen molar-refractivity contribution in [2.24, 2.45) is 5.92 Å². The number of carbonyl (C=O) groups excluding carboxylic acids is 2. The Morgan fingerprint density at radius 2 is 2.19 bits per heavy atom. The maximum atomic E-state index is 12.8. The molecule has 1 aromatic rings. The standard InChI is InChI=1S/C19H24N2O5/c22-17-7-6-15(18(23)20-17)21-9-14-13(19(21)24)4-1-5-16(14)26-11-12-3-2-8-25-10-12/h1,4-5,12,15,18,23H,2-3,6-11H2,(H,20,22). The lowest BCUT2D eigenvalue weighted by molar-refractivity contribution is -0.129. The molecule has 0 aromatic heterocycles. The molecule has 3 unspecified atom stereocenters. The molecule has 2 fully saturated rings. The summed E-state index contributed by atoms with van der Waals surface area (Å²) in [5.74, 6) is 0.796. The minimum absolute atomic E-state index is 0.119. The van der Waals surface area contributed by atoms with Crippen LogP contribution in [0.1, 0.15) is 41.6 Å². The first-order valence-corrected chi connectivity index (χ1v) is 9.24. The van der Waals surface area contributed by atoms with Crippen molar-refractivity contribution in [3.05, 3.63) is 29.3 Å². The third kappa shape index (κ3) is 3.29. The highest BCUT2D eigenvalue weighted by Crippen LogP contribution is 2.34. The van der Waals surface area contributed by atoms with Gasteiger partial charge in [-0.05, 0) is 31.4 Å². The molecule has 0 spiro atoms. The van der Waals surface area contributed by atoms with Crippen molar-refractivity contribution in [2.45, 2.75) is 44.5 Å². The van der Waals surface area contributed by atoms with Gasteiger partial charge in [0, 0.05) is 30.1 Å². The highest BCUT2D eigenvalue weighted by molar-refractivity contribution is 5.99. The van der Waals surface area contributed by atoms with Crippen LogP contribution in [0.15, 0.2) is 18.2 Å². The predicted molar refractivity (Wildman–Crippen MR) is 92.5 cm³/mol. The highest BCUT2D eigenvalue weighted by atomic mass is 16.5. The molecule has 2 amide bonds. The number of carbonyl (C=O) groups is 2. The Bertz CT molecular complexity index is 701. The van der Waals surface area contributed by atoms with Crippen LogP contribution in [0.5, 0.6) is 5.75 Å². The van der Waals surface area contributed by atoms with Crippen molar-refractivity contribution in [3.8, 4) is 5.75 Å². The van der Waals surface area contributed by atoms with Gasteiger partial charge in [0.1, 0.15) is 12.0 Å². The largest absolute Gasteiger partial charge is 0.493 e. The summed E-state index contributed by atoms with van der Waals surface area (Å²) in [5, 5.41) is 12.7. The number of rotatable bonds is 4. The van der Waals surface area contributed by atoms with Gasteiger partial charge in [-0.15, -0.1) is 0 Å². The topological polar surface area (TPSA) is 88.1 Å². The molecule has 2 saturated heterocycles. The smallest absolute Gasteiger partial charge is 0.255 e. The SMILES string of the molecule is O=C1CCC(N2Cc3c(OCC4CCCOC4)cccc3C2=O)C(O)N1. The molecular formula is C19H24N2O5. The summed E-state index contributed by atoms with van der Waals surface area (Å²) in [4.78, 5) is 25.9. The molecule has 3 aliphatic rings. The van der Waals surface area contributed by atoms with Gasteiger partial charge in [-0.3, -0.25) is 9.59 Å². The molecule has 1 aromatic carbocycles. The molecule has 7 nitrogen and oxygen atoms in total. The van der Waals surface area contributed by atoms with Crippen LogP contribution in [0.25, 0.3) is 0 Å². The van der Waals surface area contributed by atoms with Crippen LogP contribution in [-0.4, -0.2) is 53.9 Å². The summed E-state index contributed by atoms with van der Waals surface area (Å²) in [7, 11) is 0. The van der Waals surface area contributed by atoms with Gasteiger partial charge in [0.05, 0.1) is 25.8 Å². The molecule has 0 radical (unpaired) electrons. The first kappa shape index (κ1) is 17.3. The molecule has 3 heterocycles. The van der Waals surface area contributed by atoms with E-state index < -0.39 is 12.3 Å². The van der Waals surface area contributed by atoms with E-state index in [2.05, 4.69) is 5.32 Å². The highest BCUT2D eigenvalue weighted by Gasteiger charge is 2.40. The van der Waals surface area contributed by atoms with E-state index in [9.17, 15) is 14.7 Å². The van der Waals surface area contributed by atoms with E-state index >= 15 is 0 Å². The van der Waals surface area contributed by atoms with Crippen LogP contribution in [-0.2, 0) is 16.1 Å². The van der Waals surface area contributed by atoms with E-state index in [-0.39, 0.29) is 11.8 Å². The van der Waals surface area contributed by atoms with Crippen molar-refractivity contribution < 1.29 is 24.2 Å². The molecule has 0 saturated carbocycles. The first-order chi connectivity index (χ1) is 12.6. The van der Waals surface area contributed by atoms with Gasteiger partial charge >= 0.3 is 0 Å². The van der Waals surface area contributed by atoms with E-state index in [4.69, 9.17) is 9.47 Å². The molecule has 7 heteroatoms. The minimum Gasteiger partial charge on any atom is -0.493 e. The monoisotopic (exact) mass is 360 g/mol. The molecule has 140 valence electrons. The zero-order valence-electron chi connectivity index (χ0n) is 14.6. The maximum Gasteiger partial charge on any atom is 0.255 e. The number of piperidine rings is 1. The van der Waals surface area contributed by atoms with E-state index in [1.807, 2.05) is 12.1 Å². The predicted octanol–water partition coefficient (Wildman–Crippen LogP) is 1.04. The number of nitrogens with one attached hydrogen (secondary N) is 1. The summed E-state index contributed by atoms with van der Waals surface area (Å²) in [6.07, 6.45) is 1.89. The average Bonchev–Trinajstić information content (AvgIpc) is 2.98. The van der Waals surface area contributed by atoms with E-state index in [1.165, 1.54) is 0 Å². The fourth-order valence-electron chi connectivity index (χ4n) is 3.97. The number of nitrogens with zero attached hydrogens (tertiary/aromatic N) is 1. The Kier molecular flexibility index (Phi) is 4.82. The maximum absolute atomic E-state index is 12.8. The molecule has 3 aliphatic heterocycles. The van der Waals surface area contributed by atoms with Crippen molar-refractivity contribution in [3.63, 3.8) is 0 Å². The fraction of sp³-hybridized carbons (Fsp3) is 0.579. The van der Waals surface area contributed by atoms with Gasteiger partial charge in [0.2, 0.25) is 5.91 Å². The molecule has 2 N–H and O–H groups in total. The van der Waals surface area contributed by atoms with Crippen LogP contribution in [0, 0.1) is 5.92 Å². The number of ether oxygens (including phenoxy) is 2. The second-order valence-electron chi connectivity index (χ2n) is 7.23. The number of hydrogen-bond donors (Lipinski definition) is 2. The third-order valence-electron chi connectivity index (χ3n) is 5.42. The molecule has 0 bridgehead atoms. The van der Waals surface area contributed by atoms with Crippen molar-refractivity contribution in [1.29, 1.82) is 0 Å². The van der Waals surface area contributed by atoms with Crippen molar-refractivity contribution in [1.82, 2.24) is 10.2 Å². The summed E-state index contributed by atoms with van der Waals surface area (Å²) in [5.41, 5.74) is 1.48. The lowest BCUT2D eigenvalue weighted by Crippen LogP contribution is -2.55.